The molecule has 0 radical (unpaired) electrons. The van der Waals surface area contributed by atoms with Crippen molar-refractivity contribution in [2.75, 3.05) is 5.75 Å². The van der Waals surface area contributed by atoms with Gasteiger partial charge in [0.05, 0.1) is 5.92 Å². The van der Waals surface area contributed by atoms with Gasteiger partial charge in [-0.05, 0) is 36.8 Å². The van der Waals surface area contributed by atoms with Gasteiger partial charge in [-0.1, -0.05) is 43.5 Å². The fourth-order valence-corrected chi connectivity index (χ4v) is 3.31. The third-order valence-corrected chi connectivity index (χ3v) is 4.83. The molecular formula is C18H25NO3S. The summed E-state index contributed by atoms with van der Waals surface area (Å²) in [7, 11) is 0. The topological polar surface area (TPSA) is 66.4 Å². The number of hydrogen-bond donors (Lipinski definition) is 3. The van der Waals surface area contributed by atoms with Crippen LogP contribution in [0.15, 0.2) is 24.3 Å². The van der Waals surface area contributed by atoms with E-state index in [0.717, 1.165) is 37.7 Å². The monoisotopic (exact) mass is 335 g/mol. The van der Waals surface area contributed by atoms with Crippen molar-refractivity contribution in [1.29, 1.82) is 0 Å². The van der Waals surface area contributed by atoms with Crippen LogP contribution in [0.3, 0.4) is 0 Å². The van der Waals surface area contributed by atoms with Crippen molar-refractivity contribution >= 4 is 24.5 Å². The van der Waals surface area contributed by atoms with Crippen molar-refractivity contribution in [3.8, 4) is 0 Å². The number of carboxylic acids is 1. The number of benzene rings is 1. The third-order valence-electron chi connectivity index (χ3n) is 4.39. The SMILES string of the molecule is O=C1N[C@@H](C(=O)O)CCCCCCc2cccc(c2)CC1CS. The number of carbonyl (C=O) groups is 2. The van der Waals surface area contributed by atoms with Crippen LogP contribution in [0, 0.1) is 5.92 Å². The molecule has 0 saturated carbocycles. The van der Waals surface area contributed by atoms with Crippen molar-refractivity contribution in [3.05, 3.63) is 35.4 Å². The van der Waals surface area contributed by atoms with Gasteiger partial charge in [-0.3, -0.25) is 4.79 Å². The summed E-state index contributed by atoms with van der Waals surface area (Å²) in [4.78, 5) is 23.7. The Morgan fingerprint density at radius 1 is 1.22 bits per heavy atom. The van der Waals surface area contributed by atoms with E-state index in [1.54, 1.807) is 0 Å². The number of hydrogen-bond acceptors (Lipinski definition) is 3. The van der Waals surface area contributed by atoms with Gasteiger partial charge in [-0.2, -0.15) is 12.6 Å². The first-order valence-electron chi connectivity index (χ1n) is 8.32. The maximum Gasteiger partial charge on any atom is 0.326 e. The highest BCUT2D eigenvalue weighted by Gasteiger charge is 2.24. The number of aliphatic carboxylic acids is 1. The van der Waals surface area contributed by atoms with Gasteiger partial charge in [0.15, 0.2) is 0 Å². The number of carboxylic acid groups (broad SMARTS) is 1. The highest BCUT2D eigenvalue weighted by molar-refractivity contribution is 7.80. The first-order valence-corrected chi connectivity index (χ1v) is 8.95. The van der Waals surface area contributed by atoms with Crippen LogP contribution < -0.4 is 5.32 Å². The Labute approximate surface area is 143 Å². The molecule has 0 aromatic heterocycles. The quantitative estimate of drug-likeness (QED) is 0.728. The predicted octanol–water partition coefficient (Wildman–Crippen LogP) is 2.85. The lowest BCUT2D eigenvalue weighted by Gasteiger charge is -2.20. The van der Waals surface area contributed by atoms with E-state index in [4.69, 9.17) is 0 Å². The maximum absolute atomic E-state index is 12.4. The normalized spacial score (nSPS) is 23.6. The number of carbonyl (C=O) groups excluding carboxylic acids is 1. The summed E-state index contributed by atoms with van der Waals surface area (Å²) in [5.74, 6) is -1.07. The molecule has 2 bridgehead atoms. The first-order chi connectivity index (χ1) is 11.1. The molecule has 2 rings (SSSR count). The molecule has 1 aliphatic heterocycles. The minimum absolute atomic E-state index is 0.213. The van der Waals surface area contributed by atoms with E-state index < -0.39 is 12.0 Å². The molecule has 1 aromatic rings. The van der Waals surface area contributed by atoms with Gasteiger partial charge < -0.3 is 10.4 Å². The van der Waals surface area contributed by atoms with Crippen molar-refractivity contribution < 1.29 is 14.7 Å². The van der Waals surface area contributed by atoms with E-state index in [0.29, 0.717) is 18.6 Å². The Morgan fingerprint density at radius 3 is 2.70 bits per heavy atom. The van der Waals surface area contributed by atoms with E-state index in [1.807, 2.05) is 12.1 Å². The van der Waals surface area contributed by atoms with Gasteiger partial charge >= 0.3 is 5.97 Å². The second-order valence-electron chi connectivity index (χ2n) is 6.26. The van der Waals surface area contributed by atoms with Gasteiger partial charge in [0.25, 0.3) is 0 Å². The summed E-state index contributed by atoms with van der Waals surface area (Å²) in [6, 6.07) is 7.55. The molecule has 1 aliphatic rings. The molecule has 2 N–H and O–H groups in total. The van der Waals surface area contributed by atoms with Crippen molar-refractivity contribution in [2.45, 2.75) is 51.0 Å². The molecule has 1 aromatic carbocycles. The lowest BCUT2D eigenvalue weighted by molar-refractivity contribution is -0.142. The van der Waals surface area contributed by atoms with Crippen LogP contribution >= 0.6 is 12.6 Å². The van der Waals surface area contributed by atoms with E-state index in [9.17, 15) is 14.7 Å². The largest absolute Gasteiger partial charge is 0.480 e. The average molecular weight is 335 g/mol. The molecule has 4 nitrogen and oxygen atoms in total. The Morgan fingerprint density at radius 2 is 1.96 bits per heavy atom. The molecule has 5 heteroatoms. The van der Waals surface area contributed by atoms with Gasteiger partial charge in [0.1, 0.15) is 6.04 Å². The molecule has 1 unspecified atom stereocenters. The van der Waals surface area contributed by atoms with Crippen LogP contribution in [0.25, 0.3) is 0 Å². The summed E-state index contributed by atoms with van der Waals surface area (Å²) < 4.78 is 0. The highest BCUT2D eigenvalue weighted by atomic mass is 32.1. The number of amides is 1. The smallest absolute Gasteiger partial charge is 0.326 e. The van der Waals surface area contributed by atoms with Crippen LogP contribution in [-0.4, -0.2) is 28.8 Å². The minimum Gasteiger partial charge on any atom is -0.480 e. The Kier molecular flexibility index (Phi) is 6.96. The zero-order chi connectivity index (χ0) is 16.7. The van der Waals surface area contributed by atoms with Crippen LogP contribution in [0.4, 0.5) is 0 Å². The van der Waals surface area contributed by atoms with Crippen LogP contribution in [0.2, 0.25) is 0 Å². The van der Waals surface area contributed by atoms with Gasteiger partial charge in [0, 0.05) is 5.75 Å². The van der Waals surface area contributed by atoms with Crippen molar-refractivity contribution in [3.63, 3.8) is 0 Å². The Hall–Kier alpha value is -1.49. The van der Waals surface area contributed by atoms with E-state index in [1.165, 1.54) is 5.56 Å². The summed E-state index contributed by atoms with van der Waals surface area (Å²) in [6.07, 6.45) is 6.14. The standard InChI is InChI=1S/C18H25NO3S/c20-17-15(12-23)11-14-8-5-7-13(10-14)6-3-1-2-4-9-16(19-17)18(21)22/h5,7-8,10,15-16,23H,1-4,6,9,11-12H2,(H,19,20)(H,21,22)/t15?,16-/m1/s1. The van der Waals surface area contributed by atoms with Gasteiger partial charge in [0.2, 0.25) is 5.91 Å². The lowest BCUT2D eigenvalue weighted by atomic mass is 9.95. The third kappa shape index (κ3) is 5.57. The van der Waals surface area contributed by atoms with Crippen molar-refractivity contribution in [2.24, 2.45) is 5.92 Å². The summed E-state index contributed by atoms with van der Waals surface area (Å²) in [6.45, 7) is 0. The number of fused-ring (bicyclic) bond motifs is 2. The highest BCUT2D eigenvalue weighted by Crippen LogP contribution is 2.17. The van der Waals surface area contributed by atoms with E-state index in [2.05, 4.69) is 30.1 Å². The summed E-state index contributed by atoms with van der Waals surface area (Å²) >= 11 is 4.28. The molecule has 0 fully saturated rings. The Balaban J connectivity index is 2.17. The molecule has 126 valence electrons. The van der Waals surface area contributed by atoms with Gasteiger partial charge in [-0.25, -0.2) is 4.79 Å². The molecular weight excluding hydrogens is 310 g/mol. The zero-order valence-electron chi connectivity index (χ0n) is 13.3. The van der Waals surface area contributed by atoms with E-state index >= 15 is 0 Å². The van der Waals surface area contributed by atoms with E-state index in [-0.39, 0.29) is 11.8 Å². The molecule has 1 heterocycles. The number of rotatable bonds is 2. The molecule has 1 amide bonds. The lowest BCUT2D eigenvalue weighted by Crippen LogP contribution is -2.44. The molecule has 0 spiro atoms. The van der Waals surface area contributed by atoms with Gasteiger partial charge in [-0.15, -0.1) is 0 Å². The molecule has 23 heavy (non-hydrogen) atoms. The van der Waals surface area contributed by atoms with Crippen LogP contribution in [0.1, 0.15) is 43.2 Å². The molecule has 0 saturated heterocycles. The van der Waals surface area contributed by atoms with Crippen LogP contribution in [-0.2, 0) is 22.4 Å². The fraction of sp³-hybridized carbons (Fsp3) is 0.556. The zero-order valence-corrected chi connectivity index (χ0v) is 14.2. The first kappa shape index (κ1) is 17.9. The van der Waals surface area contributed by atoms with Crippen molar-refractivity contribution in [1.82, 2.24) is 5.32 Å². The average Bonchev–Trinajstić information content (AvgIpc) is 2.54. The maximum atomic E-state index is 12.4. The second-order valence-corrected chi connectivity index (χ2v) is 6.62. The number of aryl methyl sites for hydroxylation is 1. The fourth-order valence-electron chi connectivity index (χ4n) is 3.01. The molecule has 2 atom stereocenters. The Bertz CT molecular complexity index is 547. The van der Waals surface area contributed by atoms with Crippen LogP contribution in [0.5, 0.6) is 0 Å². The summed E-state index contributed by atoms with van der Waals surface area (Å²) in [5, 5.41) is 12.0. The molecule has 0 aliphatic carbocycles. The summed E-state index contributed by atoms with van der Waals surface area (Å²) in [5.41, 5.74) is 2.42. The second kappa shape index (κ2) is 8.96. The predicted molar refractivity (Wildman–Crippen MR) is 93.8 cm³/mol. The minimum atomic E-state index is -0.953. The number of thiol groups is 1. The number of nitrogens with one attached hydrogen (secondary N) is 1.